The second-order valence-electron chi connectivity index (χ2n) is 4.30. The summed E-state index contributed by atoms with van der Waals surface area (Å²) < 4.78 is 5.32. The molecule has 1 aromatic carbocycles. The molecule has 6 nitrogen and oxygen atoms in total. The molecule has 0 unspecified atom stereocenters. The molecule has 2 aromatic rings. The zero-order valence-corrected chi connectivity index (χ0v) is 12.4. The van der Waals surface area contributed by atoms with Crippen molar-refractivity contribution in [2.75, 3.05) is 17.7 Å². The van der Waals surface area contributed by atoms with E-state index in [0.717, 1.165) is 0 Å². The lowest BCUT2D eigenvalue weighted by molar-refractivity contribution is 0.102. The van der Waals surface area contributed by atoms with Gasteiger partial charge >= 0.3 is 0 Å². The highest BCUT2D eigenvalue weighted by atomic mass is 35.5. The van der Waals surface area contributed by atoms with Crippen molar-refractivity contribution in [3.8, 4) is 5.75 Å². The van der Waals surface area contributed by atoms with E-state index >= 15 is 0 Å². The largest absolute Gasteiger partial charge is 0.492 e. The average Bonchev–Trinajstić information content (AvgIpc) is 2.40. The van der Waals surface area contributed by atoms with Crippen LogP contribution in [-0.4, -0.2) is 22.5 Å². The number of carbonyl (C=O) groups excluding carboxylic acids is 1. The Morgan fingerprint density at radius 1 is 1.38 bits per heavy atom. The van der Waals surface area contributed by atoms with Crippen molar-refractivity contribution >= 4 is 29.1 Å². The maximum absolute atomic E-state index is 12.1. The number of carbonyl (C=O) groups is 1. The van der Waals surface area contributed by atoms with Crippen LogP contribution in [0.15, 0.2) is 24.3 Å². The van der Waals surface area contributed by atoms with Gasteiger partial charge in [-0.25, -0.2) is 9.97 Å². The van der Waals surface area contributed by atoms with E-state index < -0.39 is 0 Å². The number of anilines is 2. The van der Waals surface area contributed by atoms with Crippen molar-refractivity contribution in [2.24, 2.45) is 0 Å². The average molecular weight is 307 g/mol. The standard InChI is InChI=1S/C14H15ClN4O2/c1-3-21-11-5-4-9(7-10(11)16)13(20)19-14-17-8(2)6-12(15)18-14/h4-7H,3,16H2,1-2H3,(H,17,18,19,20). The van der Waals surface area contributed by atoms with Crippen LogP contribution in [0.2, 0.25) is 5.15 Å². The highest BCUT2D eigenvalue weighted by Gasteiger charge is 2.11. The topological polar surface area (TPSA) is 90.1 Å². The molecule has 110 valence electrons. The summed E-state index contributed by atoms with van der Waals surface area (Å²) in [5.41, 5.74) is 7.28. The molecule has 1 heterocycles. The summed E-state index contributed by atoms with van der Waals surface area (Å²) in [6.07, 6.45) is 0. The van der Waals surface area contributed by atoms with Crippen LogP contribution in [0.1, 0.15) is 23.0 Å². The number of nitrogen functional groups attached to an aromatic ring is 1. The van der Waals surface area contributed by atoms with Crippen molar-refractivity contribution in [1.82, 2.24) is 9.97 Å². The monoisotopic (exact) mass is 306 g/mol. The summed E-state index contributed by atoms with van der Waals surface area (Å²) >= 11 is 5.82. The molecule has 0 aliphatic carbocycles. The van der Waals surface area contributed by atoms with Crippen LogP contribution in [0.3, 0.4) is 0 Å². The summed E-state index contributed by atoms with van der Waals surface area (Å²) in [5.74, 6) is 0.327. The lowest BCUT2D eigenvalue weighted by atomic mass is 10.2. The van der Waals surface area contributed by atoms with Gasteiger partial charge in [0.25, 0.3) is 5.91 Å². The Bertz CT molecular complexity index is 656. The molecule has 0 saturated carbocycles. The van der Waals surface area contributed by atoms with Gasteiger partial charge in [0.15, 0.2) is 0 Å². The van der Waals surface area contributed by atoms with E-state index in [1.165, 1.54) is 6.07 Å². The molecule has 0 spiro atoms. The molecule has 0 radical (unpaired) electrons. The third-order valence-corrected chi connectivity index (χ3v) is 2.81. The normalized spacial score (nSPS) is 10.2. The number of benzene rings is 1. The highest BCUT2D eigenvalue weighted by Crippen LogP contribution is 2.23. The Labute approximate surface area is 127 Å². The molecular formula is C14H15ClN4O2. The van der Waals surface area contributed by atoms with Crippen molar-refractivity contribution in [2.45, 2.75) is 13.8 Å². The molecule has 2 rings (SSSR count). The zero-order valence-electron chi connectivity index (χ0n) is 11.7. The molecule has 1 aromatic heterocycles. The van der Waals surface area contributed by atoms with Gasteiger partial charge in [0, 0.05) is 11.3 Å². The van der Waals surface area contributed by atoms with Gasteiger partial charge in [-0.1, -0.05) is 11.6 Å². The number of ether oxygens (including phenoxy) is 1. The first-order chi connectivity index (χ1) is 9.99. The first-order valence-corrected chi connectivity index (χ1v) is 6.72. The van der Waals surface area contributed by atoms with Gasteiger partial charge < -0.3 is 10.5 Å². The molecule has 21 heavy (non-hydrogen) atoms. The van der Waals surface area contributed by atoms with Gasteiger partial charge in [-0.3, -0.25) is 10.1 Å². The summed E-state index contributed by atoms with van der Waals surface area (Å²) in [5, 5.41) is 2.84. The van der Waals surface area contributed by atoms with E-state index in [4.69, 9.17) is 22.1 Å². The maximum atomic E-state index is 12.1. The number of hydrogen-bond acceptors (Lipinski definition) is 5. The second kappa shape index (κ2) is 6.41. The van der Waals surface area contributed by atoms with Gasteiger partial charge in [-0.2, -0.15) is 0 Å². The Morgan fingerprint density at radius 2 is 2.14 bits per heavy atom. The molecule has 0 fully saturated rings. The highest BCUT2D eigenvalue weighted by molar-refractivity contribution is 6.29. The Morgan fingerprint density at radius 3 is 2.76 bits per heavy atom. The molecule has 3 N–H and O–H groups in total. The van der Waals surface area contributed by atoms with Crippen molar-refractivity contribution in [1.29, 1.82) is 0 Å². The fourth-order valence-corrected chi connectivity index (χ4v) is 1.97. The molecule has 0 aliphatic heterocycles. The van der Waals surface area contributed by atoms with Crippen LogP contribution in [0.5, 0.6) is 5.75 Å². The van der Waals surface area contributed by atoms with Crippen molar-refractivity contribution in [3.05, 3.63) is 40.7 Å². The molecule has 7 heteroatoms. The Hall–Kier alpha value is -2.34. The number of nitrogens with two attached hydrogens (primary N) is 1. The van der Waals surface area contributed by atoms with E-state index in [0.29, 0.717) is 29.3 Å². The van der Waals surface area contributed by atoms with E-state index in [1.54, 1.807) is 25.1 Å². The predicted molar refractivity (Wildman–Crippen MR) is 81.8 cm³/mol. The summed E-state index contributed by atoms with van der Waals surface area (Å²) in [7, 11) is 0. The maximum Gasteiger partial charge on any atom is 0.258 e. The van der Waals surface area contributed by atoms with Gasteiger partial charge in [0.1, 0.15) is 10.9 Å². The number of aryl methyl sites for hydroxylation is 1. The fourth-order valence-electron chi connectivity index (χ4n) is 1.74. The first-order valence-electron chi connectivity index (χ1n) is 6.34. The van der Waals surface area contributed by atoms with Crippen LogP contribution < -0.4 is 15.8 Å². The van der Waals surface area contributed by atoms with E-state index in [2.05, 4.69) is 15.3 Å². The van der Waals surface area contributed by atoms with E-state index in [-0.39, 0.29) is 17.0 Å². The third kappa shape index (κ3) is 3.82. The minimum Gasteiger partial charge on any atom is -0.492 e. The molecule has 1 amide bonds. The van der Waals surface area contributed by atoms with Gasteiger partial charge in [-0.15, -0.1) is 0 Å². The molecule has 0 saturated heterocycles. The number of aromatic nitrogens is 2. The lowest BCUT2D eigenvalue weighted by Crippen LogP contribution is -2.15. The SMILES string of the molecule is CCOc1ccc(C(=O)Nc2nc(C)cc(Cl)n2)cc1N. The van der Waals surface area contributed by atoms with Crippen LogP contribution in [-0.2, 0) is 0 Å². The van der Waals surface area contributed by atoms with E-state index in [9.17, 15) is 4.79 Å². The zero-order chi connectivity index (χ0) is 15.4. The number of nitrogens with one attached hydrogen (secondary N) is 1. The van der Waals surface area contributed by atoms with E-state index in [1.807, 2.05) is 6.92 Å². The van der Waals surface area contributed by atoms with Crippen LogP contribution >= 0.6 is 11.6 Å². The molecular weight excluding hydrogens is 292 g/mol. The number of halogens is 1. The minimum atomic E-state index is -0.369. The van der Waals surface area contributed by atoms with Gasteiger partial charge in [0.05, 0.1) is 12.3 Å². The Kier molecular flexibility index (Phi) is 4.59. The smallest absolute Gasteiger partial charge is 0.258 e. The van der Waals surface area contributed by atoms with Crippen LogP contribution in [0.4, 0.5) is 11.6 Å². The fraction of sp³-hybridized carbons (Fsp3) is 0.214. The predicted octanol–water partition coefficient (Wildman–Crippen LogP) is 2.67. The van der Waals surface area contributed by atoms with Crippen molar-refractivity contribution in [3.63, 3.8) is 0 Å². The van der Waals surface area contributed by atoms with Gasteiger partial charge in [-0.05, 0) is 38.1 Å². The quantitative estimate of drug-likeness (QED) is 0.669. The molecule has 0 aliphatic rings. The van der Waals surface area contributed by atoms with Gasteiger partial charge in [0.2, 0.25) is 5.95 Å². The lowest BCUT2D eigenvalue weighted by Gasteiger charge is -2.09. The van der Waals surface area contributed by atoms with Crippen LogP contribution in [0, 0.1) is 6.92 Å². The minimum absolute atomic E-state index is 0.150. The number of amides is 1. The first kappa shape index (κ1) is 15.1. The summed E-state index contributed by atoms with van der Waals surface area (Å²) in [4.78, 5) is 20.1. The summed E-state index contributed by atoms with van der Waals surface area (Å²) in [6.45, 7) is 4.13. The Balaban J connectivity index is 2.18. The number of nitrogens with zero attached hydrogens (tertiary/aromatic N) is 2. The van der Waals surface area contributed by atoms with Crippen molar-refractivity contribution < 1.29 is 9.53 Å². The van der Waals surface area contributed by atoms with Crippen LogP contribution in [0.25, 0.3) is 0 Å². The number of rotatable bonds is 4. The number of hydrogen-bond donors (Lipinski definition) is 2. The summed E-state index contributed by atoms with van der Waals surface area (Å²) in [6, 6.07) is 6.41. The second-order valence-corrected chi connectivity index (χ2v) is 4.68. The molecule has 0 atom stereocenters. The third-order valence-electron chi connectivity index (χ3n) is 2.62. The molecule has 0 bridgehead atoms.